The number of nitrogens with one attached hydrogen (secondary N) is 2. The van der Waals surface area contributed by atoms with Crippen LogP contribution in [0.15, 0.2) is 4.47 Å². The molecule has 2 N–H and O–H groups in total. The highest BCUT2D eigenvalue weighted by Gasteiger charge is 2.42. The summed E-state index contributed by atoms with van der Waals surface area (Å²) >= 11 is 3.05. The maximum Gasteiger partial charge on any atom is 0.436 e. The lowest BCUT2D eigenvalue weighted by Crippen LogP contribution is -2.62. The summed E-state index contributed by atoms with van der Waals surface area (Å²) in [6.07, 6.45) is -1.39. The number of halogens is 4. The molecule has 0 aromatic carbocycles. The van der Waals surface area contributed by atoms with E-state index in [1.165, 1.54) is 4.68 Å². The smallest absolute Gasteiger partial charge is 0.352 e. The van der Waals surface area contributed by atoms with Crippen molar-refractivity contribution in [1.82, 2.24) is 20.4 Å². The summed E-state index contributed by atoms with van der Waals surface area (Å²) in [7, 11) is 0. The fourth-order valence-electron chi connectivity index (χ4n) is 4.34. The van der Waals surface area contributed by atoms with Gasteiger partial charge in [-0.1, -0.05) is 0 Å². The molecule has 1 amide bonds. The number of piperidine rings is 1. The number of rotatable bonds is 4. The van der Waals surface area contributed by atoms with Crippen molar-refractivity contribution < 1.29 is 18.0 Å². The van der Waals surface area contributed by atoms with Crippen LogP contribution >= 0.6 is 15.9 Å². The average Bonchev–Trinajstić information content (AvgIpc) is 3.19. The fraction of sp³-hybridized carbons (Fsp3) is 0.778. The van der Waals surface area contributed by atoms with Gasteiger partial charge in [-0.25, -0.2) is 0 Å². The summed E-state index contributed by atoms with van der Waals surface area (Å²) in [5, 5.41) is 10.2. The number of hydrogen-bond donors (Lipinski definition) is 2. The van der Waals surface area contributed by atoms with Crippen LogP contribution in [0.3, 0.4) is 0 Å². The third kappa shape index (κ3) is 4.85. The Kier molecular flexibility index (Phi) is 5.16. The Balaban J connectivity index is 1.75. The van der Waals surface area contributed by atoms with Crippen molar-refractivity contribution >= 4 is 21.8 Å². The molecule has 0 unspecified atom stereocenters. The first kappa shape index (κ1) is 20.6. The Bertz CT molecular complexity index is 722. The first-order valence-corrected chi connectivity index (χ1v) is 9.99. The van der Waals surface area contributed by atoms with Crippen LogP contribution in [0.25, 0.3) is 0 Å². The van der Waals surface area contributed by atoms with Gasteiger partial charge < -0.3 is 10.6 Å². The van der Waals surface area contributed by atoms with Gasteiger partial charge in [-0.3, -0.25) is 9.48 Å². The number of hydrogen-bond acceptors (Lipinski definition) is 3. The van der Waals surface area contributed by atoms with E-state index in [0.717, 1.165) is 25.7 Å². The molecule has 1 saturated carbocycles. The van der Waals surface area contributed by atoms with Gasteiger partial charge >= 0.3 is 6.18 Å². The summed E-state index contributed by atoms with van der Waals surface area (Å²) in [4.78, 5) is 12.6. The molecule has 0 atom stereocenters. The van der Waals surface area contributed by atoms with E-state index in [1.54, 1.807) is 0 Å². The van der Waals surface area contributed by atoms with E-state index < -0.39 is 11.9 Å². The first-order valence-electron chi connectivity index (χ1n) is 9.19. The molecule has 1 aromatic heterocycles. The Hall–Kier alpha value is -1.09. The van der Waals surface area contributed by atoms with Crippen molar-refractivity contribution in [2.75, 3.05) is 0 Å². The number of aromatic nitrogens is 2. The second-order valence-electron chi connectivity index (χ2n) is 9.04. The monoisotopic (exact) mass is 450 g/mol. The molecule has 1 saturated heterocycles. The predicted octanol–water partition coefficient (Wildman–Crippen LogP) is 3.97. The molecule has 152 valence electrons. The van der Waals surface area contributed by atoms with E-state index in [0.29, 0.717) is 5.69 Å². The highest BCUT2D eigenvalue weighted by Crippen LogP contribution is 2.47. The number of nitrogens with zero attached hydrogens (tertiary/aromatic N) is 2. The molecule has 2 heterocycles. The van der Waals surface area contributed by atoms with Gasteiger partial charge in [-0.05, 0) is 69.3 Å². The van der Waals surface area contributed by atoms with Gasteiger partial charge in [0, 0.05) is 23.0 Å². The Morgan fingerprint density at radius 2 is 1.81 bits per heavy atom. The number of carbonyl (C=O) groups is 1. The van der Waals surface area contributed by atoms with Gasteiger partial charge in [-0.15, -0.1) is 0 Å². The lowest BCUT2D eigenvalue weighted by atomic mass is 9.79. The molecule has 0 bridgehead atoms. The van der Waals surface area contributed by atoms with Gasteiger partial charge in [-0.2, -0.15) is 18.3 Å². The average molecular weight is 451 g/mol. The molecule has 0 radical (unpaired) electrons. The molecule has 3 rings (SSSR count). The van der Waals surface area contributed by atoms with Crippen LogP contribution in [0.1, 0.15) is 70.7 Å². The van der Waals surface area contributed by atoms with Crippen LogP contribution in [0, 0.1) is 0 Å². The zero-order chi connectivity index (χ0) is 20.2. The SMILES string of the molecule is CC1(C)CC(NC(=O)Cn2nc(C(F)(F)F)c(Br)c2C2CC2)CC(C)(C)N1. The molecule has 2 aliphatic rings. The molecule has 1 aliphatic carbocycles. The summed E-state index contributed by atoms with van der Waals surface area (Å²) in [5.41, 5.74) is -0.738. The van der Waals surface area contributed by atoms with E-state index >= 15 is 0 Å². The molecule has 0 spiro atoms. The van der Waals surface area contributed by atoms with Crippen LogP contribution in [0.4, 0.5) is 13.2 Å². The van der Waals surface area contributed by atoms with Crippen molar-refractivity contribution in [2.24, 2.45) is 0 Å². The lowest BCUT2D eigenvalue weighted by molar-refractivity contribution is -0.142. The quantitative estimate of drug-likeness (QED) is 0.729. The van der Waals surface area contributed by atoms with Crippen molar-refractivity contribution in [1.29, 1.82) is 0 Å². The second kappa shape index (κ2) is 6.76. The molecule has 27 heavy (non-hydrogen) atoms. The topological polar surface area (TPSA) is 59.0 Å². The highest BCUT2D eigenvalue weighted by atomic mass is 79.9. The van der Waals surface area contributed by atoms with Crippen LogP contribution < -0.4 is 10.6 Å². The van der Waals surface area contributed by atoms with Crippen molar-refractivity contribution in [3.8, 4) is 0 Å². The van der Waals surface area contributed by atoms with E-state index in [4.69, 9.17) is 0 Å². The Labute approximate surface area is 165 Å². The summed E-state index contributed by atoms with van der Waals surface area (Å²) < 4.78 is 40.8. The zero-order valence-electron chi connectivity index (χ0n) is 16.0. The maximum atomic E-state index is 13.2. The number of carbonyl (C=O) groups excluding carboxylic acids is 1. The third-order valence-electron chi connectivity index (χ3n) is 5.01. The molecule has 5 nitrogen and oxygen atoms in total. The van der Waals surface area contributed by atoms with Gasteiger partial charge in [0.2, 0.25) is 5.91 Å². The minimum absolute atomic E-state index is 0.0329. The molecular weight excluding hydrogens is 425 g/mol. The standard InChI is InChI=1S/C18H26BrF3N4O/c1-16(2)7-11(8-17(3,4)25-16)23-12(27)9-26-14(10-5-6-10)13(19)15(24-26)18(20,21)22/h10-11,25H,5-9H2,1-4H3,(H,23,27). The fourth-order valence-corrected chi connectivity index (χ4v) is 5.17. The molecule has 9 heteroatoms. The van der Waals surface area contributed by atoms with Crippen molar-refractivity contribution in [3.05, 3.63) is 15.9 Å². The maximum absolute atomic E-state index is 13.2. The van der Waals surface area contributed by atoms with E-state index in [-0.39, 0.29) is 40.0 Å². The largest absolute Gasteiger partial charge is 0.436 e. The second-order valence-corrected chi connectivity index (χ2v) is 9.84. The number of amides is 1. The summed E-state index contributed by atoms with van der Waals surface area (Å²) in [5.74, 6) is -0.272. The van der Waals surface area contributed by atoms with Crippen molar-refractivity contribution in [3.63, 3.8) is 0 Å². The highest BCUT2D eigenvalue weighted by molar-refractivity contribution is 9.10. The van der Waals surface area contributed by atoms with Crippen LogP contribution in [0.2, 0.25) is 0 Å². The van der Waals surface area contributed by atoms with Gasteiger partial charge in [0.25, 0.3) is 0 Å². The van der Waals surface area contributed by atoms with Gasteiger partial charge in [0.15, 0.2) is 5.69 Å². The zero-order valence-corrected chi connectivity index (χ0v) is 17.6. The lowest BCUT2D eigenvalue weighted by Gasteiger charge is -2.46. The predicted molar refractivity (Wildman–Crippen MR) is 99.4 cm³/mol. The molecule has 2 fully saturated rings. The van der Waals surface area contributed by atoms with Gasteiger partial charge in [0.1, 0.15) is 6.54 Å². The summed E-state index contributed by atoms with van der Waals surface area (Å²) in [6.45, 7) is 8.12. The molecular formula is C18H26BrF3N4O. The van der Waals surface area contributed by atoms with Crippen LogP contribution in [-0.4, -0.2) is 32.8 Å². The summed E-state index contributed by atoms with van der Waals surface area (Å²) in [6, 6.07) is -0.0331. The third-order valence-corrected chi connectivity index (χ3v) is 5.79. The van der Waals surface area contributed by atoms with E-state index in [2.05, 4.69) is 59.4 Å². The first-order chi connectivity index (χ1) is 12.3. The van der Waals surface area contributed by atoms with Crippen LogP contribution in [0.5, 0.6) is 0 Å². The normalized spacial score (nSPS) is 22.7. The minimum Gasteiger partial charge on any atom is -0.352 e. The van der Waals surface area contributed by atoms with Gasteiger partial charge in [0.05, 0.1) is 10.2 Å². The van der Waals surface area contributed by atoms with E-state index in [1.807, 2.05) is 0 Å². The Morgan fingerprint density at radius 3 is 2.30 bits per heavy atom. The molecule has 1 aliphatic heterocycles. The van der Waals surface area contributed by atoms with E-state index in [9.17, 15) is 18.0 Å². The van der Waals surface area contributed by atoms with Crippen molar-refractivity contribution in [2.45, 2.75) is 89.1 Å². The Morgan fingerprint density at radius 1 is 1.26 bits per heavy atom. The molecule has 1 aromatic rings. The van der Waals surface area contributed by atoms with Crippen LogP contribution in [-0.2, 0) is 17.5 Å². The minimum atomic E-state index is -4.55. The number of alkyl halides is 3.